The van der Waals surface area contributed by atoms with Gasteiger partial charge in [-0.3, -0.25) is 0 Å². The van der Waals surface area contributed by atoms with Gasteiger partial charge in [0.1, 0.15) is 0 Å². The fourth-order valence-corrected chi connectivity index (χ4v) is 3.35. The van der Waals surface area contributed by atoms with E-state index in [1.54, 1.807) is 6.07 Å². The van der Waals surface area contributed by atoms with Crippen molar-refractivity contribution in [1.82, 2.24) is 5.32 Å². The Balaban J connectivity index is 0.00000147. The smallest absolute Gasteiger partial charge is 0.368 e. The zero-order valence-electron chi connectivity index (χ0n) is 10.5. The van der Waals surface area contributed by atoms with Crippen LogP contribution in [0.3, 0.4) is 0 Å². The Kier molecular flexibility index (Phi) is 4.46. The first-order valence-electron chi connectivity index (χ1n) is 6.10. The van der Waals surface area contributed by atoms with Crippen molar-refractivity contribution in [3.63, 3.8) is 0 Å². The summed E-state index contributed by atoms with van der Waals surface area (Å²) in [4.78, 5) is 2.22. The standard InChI is InChI=1S/C13H13F3N2S.ClH/c14-13(15,16)9-1-2-10-11(8-19-12(10)7-9)18-5-3-17-4-6-18;/h1-2,7-8,17H,3-6H2;1H. The van der Waals surface area contributed by atoms with Gasteiger partial charge in [0.15, 0.2) is 0 Å². The van der Waals surface area contributed by atoms with Gasteiger partial charge in [0.2, 0.25) is 0 Å². The van der Waals surface area contributed by atoms with Crippen molar-refractivity contribution in [1.29, 1.82) is 0 Å². The van der Waals surface area contributed by atoms with Crippen molar-refractivity contribution < 1.29 is 13.2 Å². The highest BCUT2D eigenvalue weighted by molar-refractivity contribution is 7.17. The van der Waals surface area contributed by atoms with Crippen LogP contribution in [0.4, 0.5) is 18.9 Å². The monoisotopic (exact) mass is 322 g/mol. The van der Waals surface area contributed by atoms with E-state index in [1.807, 2.05) is 5.38 Å². The number of thiophene rings is 1. The van der Waals surface area contributed by atoms with Gasteiger partial charge in [0, 0.05) is 41.6 Å². The van der Waals surface area contributed by atoms with Crippen molar-refractivity contribution in [3.8, 4) is 0 Å². The molecular formula is C13H14ClF3N2S. The molecule has 3 rings (SSSR count). The minimum atomic E-state index is -4.27. The molecule has 110 valence electrons. The summed E-state index contributed by atoms with van der Waals surface area (Å²) in [6.07, 6.45) is -4.27. The predicted molar refractivity (Wildman–Crippen MR) is 79.2 cm³/mol. The van der Waals surface area contributed by atoms with E-state index in [4.69, 9.17) is 0 Å². The molecule has 1 aromatic carbocycles. The third-order valence-corrected chi connectivity index (χ3v) is 4.27. The highest BCUT2D eigenvalue weighted by atomic mass is 35.5. The summed E-state index contributed by atoms with van der Waals surface area (Å²) in [5.41, 5.74) is 0.476. The molecule has 0 saturated carbocycles. The van der Waals surface area contributed by atoms with Crippen LogP contribution in [0.1, 0.15) is 5.56 Å². The quantitative estimate of drug-likeness (QED) is 0.860. The molecular weight excluding hydrogens is 309 g/mol. The van der Waals surface area contributed by atoms with Gasteiger partial charge < -0.3 is 10.2 Å². The second-order valence-electron chi connectivity index (χ2n) is 4.57. The molecule has 1 fully saturated rings. The second kappa shape index (κ2) is 5.79. The topological polar surface area (TPSA) is 15.3 Å². The van der Waals surface area contributed by atoms with Crippen LogP contribution in [0.5, 0.6) is 0 Å². The first-order chi connectivity index (χ1) is 9.05. The minimum Gasteiger partial charge on any atom is -0.368 e. The van der Waals surface area contributed by atoms with E-state index in [0.717, 1.165) is 37.3 Å². The van der Waals surface area contributed by atoms with Crippen molar-refractivity contribution in [3.05, 3.63) is 29.1 Å². The van der Waals surface area contributed by atoms with Crippen LogP contribution >= 0.6 is 23.7 Å². The highest BCUT2D eigenvalue weighted by Gasteiger charge is 2.30. The van der Waals surface area contributed by atoms with E-state index in [9.17, 15) is 13.2 Å². The number of hydrogen-bond acceptors (Lipinski definition) is 3. The van der Waals surface area contributed by atoms with E-state index in [0.29, 0.717) is 4.70 Å². The highest BCUT2D eigenvalue weighted by Crippen LogP contribution is 2.37. The van der Waals surface area contributed by atoms with Gasteiger partial charge in [-0.15, -0.1) is 23.7 Å². The van der Waals surface area contributed by atoms with Crippen LogP contribution in [0.2, 0.25) is 0 Å². The molecule has 0 spiro atoms. The van der Waals surface area contributed by atoms with E-state index in [1.165, 1.54) is 23.5 Å². The number of anilines is 1. The number of nitrogens with zero attached hydrogens (tertiary/aromatic N) is 1. The number of alkyl halides is 3. The van der Waals surface area contributed by atoms with Gasteiger partial charge in [-0.25, -0.2) is 0 Å². The van der Waals surface area contributed by atoms with Crippen molar-refractivity contribution in [2.45, 2.75) is 6.18 Å². The summed E-state index contributed by atoms with van der Waals surface area (Å²) in [7, 11) is 0. The summed E-state index contributed by atoms with van der Waals surface area (Å²) in [6.45, 7) is 3.62. The predicted octanol–water partition coefficient (Wildman–Crippen LogP) is 3.75. The molecule has 1 N–H and O–H groups in total. The number of rotatable bonds is 1. The molecule has 0 aliphatic carbocycles. The van der Waals surface area contributed by atoms with Gasteiger partial charge >= 0.3 is 6.18 Å². The summed E-state index contributed by atoms with van der Waals surface area (Å²) in [6, 6.07) is 4.00. The Labute approximate surface area is 125 Å². The molecule has 1 aromatic heterocycles. The average Bonchev–Trinajstić information content (AvgIpc) is 2.81. The maximum absolute atomic E-state index is 12.7. The maximum Gasteiger partial charge on any atom is 0.416 e. The first-order valence-corrected chi connectivity index (χ1v) is 6.98. The zero-order chi connectivity index (χ0) is 13.5. The third kappa shape index (κ3) is 2.87. The Hall–Kier alpha value is -0.980. The molecule has 2 heterocycles. The fraction of sp³-hybridized carbons (Fsp3) is 0.385. The number of nitrogens with one attached hydrogen (secondary N) is 1. The lowest BCUT2D eigenvalue weighted by molar-refractivity contribution is -0.137. The van der Waals surface area contributed by atoms with E-state index >= 15 is 0 Å². The molecule has 1 saturated heterocycles. The van der Waals surface area contributed by atoms with Gasteiger partial charge in [0.05, 0.1) is 11.3 Å². The third-order valence-electron chi connectivity index (χ3n) is 3.34. The Morgan fingerprint density at radius 3 is 2.50 bits per heavy atom. The van der Waals surface area contributed by atoms with Crippen molar-refractivity contribution in [2.24, 2.45) is 0 Å². The lowest BCUT2D eigenvalue weighted by atomic mass is 10.1. The molecule has 2 aromatic rings. The Bertz CT molecular complexity index is 591. The normalized spacial score (nSPS) is 16.2. The molecule has 0 atom stereocenters. The molecule has 7 heteroatoms. The van der Waals surface area contributed by atoms with Gasteiger partial charge in [-0.1, -0.05) is 6.07 Å². The number of benzene rings is 1. The summed E-state index contributed by atoms with van der Waals surface area (Å²) < 4.78 is 38.7. The van der Waals surface area contributed by atoms with Crippen LogP contribution < -0.4 is 10.2 Å². The van der Waals surface area contributed by atoms with Crippen molar-refractivity contribution in [2.75, 3.05) is 31.1 Å². The van der Waals surface area contributed by atoms with Gasteiger partial charge in [-0.05, 0) is 12.1 Å². The van der Waals surface area contributed by atoms with Crippen LogP contribution in [-0.4, -0.2) is 26.2 Å². The molecule has 2 nitrogen and oxygen atoms in total. The molecule has 0 amide bonds. The largest absolute Gasteiger partial charge is 0.416 e. The van der Waals surface area contributed by atoms with Crippen LogP contribution in [0.15, 0.2) is 23.6 Å². The maximum atomic E-state index is 12.7. The van der Waals surface area contributed by atoms with Crippen LogP contribution in [-0.2, 0) is 6.18 Å². The van der Waals surface area contributed by atoms with Gasteiger partial charge in [-0.2, -0.15) is 13.2 Å². The Morgan fingerprint density at radius 1 is 1.15 bits per heavy atom. The van der Waals surface area contributed by atoms with E-state index < -0.39 is 11.7 Å². The Morgan fingerprint density at radius 2 is 1.85 bits per heavy atom. The molecule has 0 bridgehead atoms. The minimum absolute atomic E-state index is 0. The number of fused-ring (bicyclic) bond motifs is 1. The summed E-state index contributed by atoms with van der Waals surface area (Å²) in [5.74, 6) is 0. The molecule has 1 aliphatic heterocycles. The van der Waals surface area contributed by atoms with E-state index in [2.05, 4.69) is 10.2 Å². The van der Waals surface area contributed by atoms with Crippen molar-refractivity contribution >= 4 is 39.5 Å². The van der Waals surface area contributed by atoms with E-state index in [-0.39, 0.29) is 12.4 Å². The molecule has 0 unspecified atom stereocenters. The number of halogens is 4. The average molecular weight is 323 g/mol. The lowest BCUT2D eigenvalue weighted by Crippen LogP contribution is -2.43. The molecule has 0 radical (unpaired) electrons. The number of piperazine rings is 1. The SMILES string of the molecule is Cl.FC(F)(F)c1ccc2c(N3CCNCC3)csc2c1. The molecule has 1 aliphatic rings. The van der Waals surface area contributed by atoms with Crippen LogP contribution in [0, 0.1) is 0 Å². The fourth-order valence-electron chi connectivity index (χ4n) is 2.34. The van der Waals surface area contributed by atoms with Gasteiger partial charge in [0.25, 0.3) is 0 Å². The number of hydrogen-bond donors (Lipinski definition) is 1. The summed E-state index contributed by atoms with van der Waals surface area (Å²) >= 11 is 1.38. The summed E-state index contributed by atoms with van der Waals surface area (Å²) in [5, 5.41) is 6.14. The molecule has 20 heavy (non-hydrogen) atoms. The lowest BCUT2D eigenvalue weighted by Gasteiger charge is -2.28. The van der Waals surface area contributed by atoms with Crippen LogP contribution in [0.25, 0.3) is 10.1 Å². The zero-order valence-corrected chi connectivity index (χ0v) is 12.2. The first kappa shape index (κ1) is 15.4. The second-order valence-corrected chi connectivity index (χ2v) is 5.48.